The van der Waals surface area contributed by atoms with Crippen molar-refractivity contribution in [2.24, 2.45) is 0 Å². The molecule has 17 heavy (non-hydrogen) atoms. The van der Waals surface area contributed by atoms with E-state index in [2.05, 4.69) is 36.1 Å². The Bertz CT molecular complexity index is 350. The molecule has 0 aliphatic carbocycles. The van der Waals surface area contributed by atoms with Gasteiger partial charge < -0.3 is 4.90 Å². The molecule has 0 bridgehead atoms. The molecule has 0 saturated carbocycles. The second kappa shape index (κ2) is 6.57. The number of nitrogens with zero attached hydrogens (tertiary/aromatic N) is 1. The van der Waals surface area contributed by atoms with Crippen LogP contribution in [0.1, 0.15) is 31.7 Å². The molecule has 0 aromatic heterocycles. The molecule has 3 heteroatoms. The molecule has 1 saturated heterocycles. The first-order chi connectivity index (χ1) is 8.31. The van der Waals surface area contributed by atoms with E-state index in [0.717, 1.165) is 12.6 Å². The average molecular weight is 267 g/mol. The fourth-order valence-corrected chi connectivity index (χ4v) is 5.32. The summed E-state index contributed by atoms with van der Waals surface area (Å²) in [5.74, 6) is 0. The number of rotatable bonds is 4. The molecular formula is C14H21ClNSi. The molecule has 1 heterocycles. The SMILES string of the molecule is CCc1ccccc1[Si](Cl)CN1CCCCC1. The van der Waals surface area contributed by atoms with E-state index in [9.17, 15) is 0 Å². The standard InChI is InChI=1S/C14H21ClNSi/c1-2-13-8-4-5-9-14(13)17(15)12-16-10-6-3-7-11-16/h4-5,8-9H,2-3,6-7,10-12H2,1H3. The van der Waals surface area contributed by atoms with Crippen LogP contribution in [-0.4, -0.2) is 32.3 Å². The molecule has 0 atom stereocenters. The Morgan fingerprint density at radius 1 is 1.18 bits per heavy atom. The molecule has 1 aliphatic heterocycles. The van der Waals surface area contributed by atoms with Crippen LogP contribution in [0.3, 0.4) is 0 Å². The van der Waals surface area contributed by atoms with Crippen molar-refractivity contribution in [3.05, 3.63) is 29.8 Å². The third kappa shape index (κ3) is 3.57. The summed E-state index contributed by atoms with van der Waals surface area (Å²) in [6.07, 6.45) is 6.29. The molecule has 0 N–H and O–H groups in total. The first-order valence-electron chi connectivity index (χ1n) is 6.63. The molecule has 1 radical (unpaired) electrons. The van der Waals surface area contributed by atoms with Crippen molar-refractivity contribution in [2.45, 2.75) is 32.6 Å². The van der Waals surface area contributed by atoms with Crippen LogP contribution in [0.4, 0.5) is 0 Å². The van der Waals surface area contributed by atoms with Crippen LogP contribution in [0.15, 0.2) is 24.3 Å². The van der Waals surface area contributed by atoms with E-state index in [-0.39, 0.29) is 0 Å². The number of hydrogen-bond donors (Lipinski definition) is 0. The molecule has 0 amide bonds. The van der Waals surface area contributed by atoms with E-state index in [1.165, 1.54) is 43.1 Å². The largest absolute Gasteiger partial charge is 0.305 e. The molecule has 0 spiro atoms. The van der Waals surface area contributed by atoms with Gasteiger partial charge in [0.2, 0.25) is 8.11 Å². The van der Waals surface area contributed by atoms with Crippen LogP contribution in [0, 0.1) is 0 Å². The zero-order chi connectivity index (χ0) is 12.1. The molecule has 1 nitrogen and oxygen atoms in total. The third-order valence-electron chi connectivity index (χ3n) is 3.50. The topological polar surface area (TPSA) is 3.24 Å². The predicted molar refractivity (Wildman–Crippen MR) is 77.4 cm³/mol. The maximum Gasteiger partial charge on any atom is 0.214 e. The van der Waals surface area contributed by atoms with E-state index in [1.54, 1.807) is 0 Å². The van der Waals surface area contributed by atoms with Crippen molar-refractivity contribution >= 4 is 24.4 Å². The van der Waals surface area contributed by atoms with Gasteiger partial charge in [0.05, 0.1) is 0 Å². The van der Waals surface area contributed by atoms with Crippen molar-refractivity contribution < 1.29 is 0 Å². The van der Waals surface area contributed by atoms with Crippen molar-refractivity contribution in [1.82, 2.24) is 4.90 Å². The summed E-state index contributed by atoms with van der Waals surface area (Å²) in [7, 11) is -0.910. The molecule has 1 aromatic rings. The van der Waals surface area contributed by atoms with Gasteiger partial charge in [-0.25, -0.2) is 0 Å². The molecule has 0 unspecified atom stereocenters. The molecule has 2 rings (SSSR count). The van der Waals surface area contributed by atoms with Gasteiger partial charge in [0.1, 0.15) is 0 Å². The molecule has 1 fully saturated rings. The van der Waals surface area contributed by atoms with Crippen molar-refractivity contribution in [2.75, 3.05) is 19.3 Å². The summed E-state index contributed by atoms with van der Waals surface area (Å²) < 4.78 is 0. The van der Waals surface area contributed by atoms with Gasteiger partial charge in [-0.05, 0) is 43.1 Å². The van der Waals surface area contributed by atoms with E-state index >= 15 is 0 Å². The van der Waals surface area contributed by atoms with Crippen LogP contribution in [0.5, 0.6) is 0 Å². The average Bonchev–Trinajstić information content (AvgIpc) is 2.40. The minimum atomic E-state index is -0.910. The van der Waals surface area contributed by atoms with Gasteiger partial charge in [-0.1, -0.05) is 37.6 Å². The van der Waals surface area contributed by atoms with E-state index in [1.807, 2.05) is 0 Å². The highest BCUT2D eigenvalue weighted by atomic mass is 35.6. The highest BCUT2D eigenvalue weighted by molar-refractivity contribution is 7.14. The van der Waals surface area contributed by atoms with Gasteiger partial charge in [-0.2, -0.15) is 11.1 Å². The Hall–Kier alpha value is -0.313. The van der Waals surface area contributed by atoms with Crippen molar-refractivity contribution in [3.63, 3.8) is 0 Å². The van der Waals surface area contributed by atoms with E-state index in [0.29, 0.717) is 0 Å². The lowest BCUT2D eigenvalue weighted by atomic mass is 10.1. The van der Waals surface area contributed by atoms with Gasteiger partial charge >= 0.3 is 0 Å². The summed E-state index contributed by atoms with van der Waals surface area (Å²) in [6, 6.07) is 8.69. The number of likely N-dealkylation sites (tertiary alicyclic amines) is 1. The first kappa shape index (κ1) is 13.1. The molecular weight excluding hydrogens is 246 g/mol. The molecule has 93 valence electrons. The number of benzene rings is 1. The van der Waals surface area contributed by atoms with Gasteiger partial charge in [0.25, 0.3) is 0 Å². The Labute approximate surface area is 111 Å². The van der Waals surface area contributed by atoms with Crippen molar-refractivity contribution in [1.29, 1.82) is 0 Å². The second-order valence-corrected chi connectivity index (χ2v) is 7.79. The highest BCUT2D eigenvalue weighted by Gasteiger charge is 2.19. The van der Waals surface area contributed by atoms with Crippen LogP contribution in [0.2, 0.25) is 0 Å². The van der Waals surface area contributed by atoms with Gasteiger partial charge in [0.15, 0.2) is 0 Å². The highest BCUT2D eigenvalue weighted by Crippen LogP contribution is 2.10. The lowest BCUT2D eigenvalue weighted by Gasteiger charge is -2.28. The minimum Gasteiger partial charge on any atom is -0.305 e. The Balaban J connectivity index is 2.00. The molecule has 1 aromatic carbocycles. The third-order valence-corrected chi connectivity index (χ3v) is 6.27. The monoisotopic (exact) mass is 266 g/mol. The van der Waals surface area contributed by atoms with Crippen LogP contribution in [-0.2, 0) is 6.42 Å². The predicted octanol–water partition coefficient (Wildman–Crippen LogP) is 2.71. The summed E-state index contributed by atoms with van der Waals surface area (Å²) in [6.45, 7) is 4.70. The lowest BCUT2D eigenvalue weighted by molar-refractivity contribution is 0.262. The normalized spacial score (nSPS) is 17.6. The Morgan fingerprint density at radius 3 is 2.59 bits per heavy atom. The zero-order valence-corrected chi connectivity index (χ0v) is 12.3. The van der Waals surface area contributed by atoms with Crippen LogP contribution < -0.4 is 5.19 Å². The number of piperidine rings is 1. The van der Waals surface area contributed by atoms with Crippen molar-refractivity contribution in [3.8, 4) is 0 Å². The zero-order valence-electron chi connectivity index (χ0n) is 10.6. The minimum absolute atomic E-state index is 0.910. The summed E-state index contributed by atoms with van der Waals surface area (Å²) in [5, 5.41) is 1.42. The van der Waals surface area contributed by atoms with E-state index in [4.69, 9.17) is 11.1 Å². The van der Waals surface area contributed by atoms with Gasteiger partial charge in [-0.15, -0.1) is 0 Å². The summed E-state index contributed by atoms with van der Waals surface area (Å²) in [5.41, 5.74) is 1.44. The number of aryl methyl sites for hydroxylation is 1. The smallest absolute Gasteiger partial charge is 0.214 e. The quantitative estimate of drug-likeness (QED) is 0.598. The number of halogens is 1. The summed E-state index contributed by atoms with van der Waals surface area (Å²) in [4.78, 5) is 2.55. The fourth-order valence-electron chi connectivity index (χ4n) is 2.49. The van der Waals surface area contributed by atoms with Crippen LogP contribution in [0.25, 0.3) is 0 Å². The first-order valence-corrected chi connectivity index (χ1v) is 9.35. The maximum absolute atomic E-state index is 6.68. The lowest BCUT2D eigenvalue weighted by Crippen LogP contribution is -2.42. The molecule has 1 aliphatic rings. The second-order valence-electron chi connectivity index (χ2n) is 4.75. The number of hydrogen-bond acceptors (Lipinski definition) is 1. The van der Waals surface area contributed by atoms with Gasteiger partial charge in [0, 0.05) is 6.17 Å². The Kier molecular flexibility index (Phi) is 5.08. The van der Waals surface area contributed by atoms with E-state index < -0.39 is 8.11 Å². The Morgan fingerprint density at radius 2 is 1.88 bits per heavy atom. The maximum atomic E-state index is 6.68. The van der Waals surface area contributed by atoms with Gasteiger partial charge in [-0.3, -0.25) is 0 Å². The summed E-state index contributed by atoms with van der Waals surface area (Å²) >= 11 is 6.68. The van der Waals surface area contributed by atoms with Crippen LogP contribution >= 0.6 is 11.1 Å². The fraction of sp³-hybridized carbons (Fsp3) is 0.571.